The molecule has 1 fully saturated rings. The van der Waals surface area contributed by atoms with Crippen molar-refractivity contribution in [2.45, 2.75) is 19.9 Å². The van der Waals surface area contributed by atoms with Crippen molar-refractivity contribution >= 4 is 5.91 Å². The van der Waals surface area contributed by atoms with Crippen molar-refractivity contribution in [3.63, 3.8) is 0 Å². The molecule has 0 bridgehead atoms. The van der Waals surface area contributed by atoms with Crippen LogP contribution in [0.25, 0.3) is 0 Å². The number of carbonyl (C=O) groups is 1. The summed E-state index contributed by atoms with van der Waals surface area (Å²) in [4.78, 5) is 29.9. The van der Waals surface area contributed by atoms with Crippen LogP contribution in [-0.2, 0) is 0 Å². The molecule has 2 heterocycles. The highest BCUT2D eigenvalue weighted by Crippen LogP contribution is 2.09. The van der Waals surface area contributed by atoms with E-state index in [9.17, 15) is 9.59 Å². The van der Waals surface area contributed by atoms with Crippen LogP contribution < -0.4 is 5.56 Å². The van der Waals surface area contributed by atoms with Crippen LogP contribution in [0.15, 0.2) is 23.1 Å². The Kier molecular flexibility index (Phi) is 3.81. The van der Waals surface area contributed by atoms with Crippen LogP contribution >= 0.6 is 0 Å². The Balaban J connectivity index is 1.99. The number of nitrogens with zero attached hydrogens (tertiary/aromatic N) is 2. The molecule has 0 aliphatic carbocycles. The molecule has 0 radical (unpaired) electrons. The van der Waals surface area contributed by atoms with Crippen molar-refractivity contribution in [2.75, 3.05) is 26.2 Å². The van der Waals surface area contributed by atoms with Crippen molar-refractivity contribution < 1.29 is 4.79 Å². The first kappa shape index (κ1) is 12.8. The van der Waals surface area contributed by atoms with E-state index in [-0.39, 0.29) is 11.5 Å². The van der Waals surface area contributed by atoms with E-state index in [0.29, 0.717) is 11.6 Å². The average Bonchev–Trinajstić information content (AvgIpc) is 2.39. The molecule has 5 heteroatoms. The average molecular weight is 249 g/mol. The van der Waals surface area contributed by atoms with E-state index in [1.165, 1.54) is 12.3 Å². The molecular formula is C13H19N3O2. The quantitative estimate of drug-likeness (QED) is 0.832. The Morgan fingerprint density at radius 3 is 2.39 bits per heavy atom. The molecule has 0 saturated carbocycles. The Morgan fingerprint density at radius 2 is 1.89 bits per heavy atom. The highest BCUT2D eigenvalue weighted by molar-refractivity contribution is 5.93. The van der Waals surface area contributed by atoms with Crippen LogP contribution in [0, 0.1) is 0 Å². The SMILES string of the molecule is CC(C)N1CCN(C(=O)c2ccc(=O)[nH]c2)CC1. The van der Waals surface area contributed by atoms with Gasteiger partial charge in [0.2, 0.25) is 5.56 Å². The fraction of sp³-hybridized carbons (Fsp3) is 0.538. The van der Waals surface area contributed by atoms with Gasteiger partial charge in [-0.2, -0.15) is 0 Å². The van der Waals surface area contributed by atoms with Gasteiger partial charge in [-0.1, -0.05) is 0 Å². The first-order valence-electron chi connectivity index (χ1n) is 6.30. The number of amides is 1. The Morgan fingerprint density at radius 1 is 1.22 bits per heavy atom. The lowest BCUT2D eigenvalue weighted by molar-refractivity contribution is 0.0595. The number of hydrogen-bond acceptors (Lipinski definition) is 3. The van der Waals surface area contributed by atoms with Crippen LogP contribution in [-0.4, -0.2) is 52.9 Å². The zero-order valence-corrected chi connectivity index (χ0v) is 10.8. The van der Waals surface area contributed by atoms with Crippen molar-refractivity contribution in [3.8, 4) is 0 Å². The summed E-state index contributed by atoms with van der Waals surface area (Å²) in [5, 5.41) is 0. The number of aromatic nitrogens is 1. The largest absolute Gasteiger partial charge is 0.336 e. The molecule has 18 heavy (non-hydrogen) atoms. The van der Waals surface area contributed by atoms with Gasteiger partial charge in [-0.25, -0.2) is 0 Å². The van der Waals surface area contributed by atoms with Crippen molar-refractivity contribution in [1.82, 2.24) is 14.8 Å². The molecule has 5 nitrogen and oxygen atoms in total. The lowest BCUT2D eigenvalue weighted by Crippen LogP contribution is -2.50. The minimum atomic E-state index is -0.184. The van der Waals surface area contributed by atoms with Gasteiger partial charge in [-0.15, -0.1) is 0 Å². The third-order valence-corrected chi connectivity index (χ3v) is 3.36. The predicted molar refractivity (Wildman–Crippen MR) is 69.7 cm³/mol. The Hall–Kier alpha value is -1.62. The second-order valence-corrected chi connectivity index (χ2v) is 4.86. The molecule has 0 spiro atoms. The molecular weight excluding hydrogens is 230 g/mol. The number of pyridine rings is 1. The van der Waals surface area contributed by atoms with Gasteiger partial charge < -0.3 is 9.88 Å². The number of hydrogen-bond donors (Lipinski definition) is 1. The molecule has 1 aromatic heterocycles. The topological polar surface area (TPSA) is 56.4 Å². The van der Waals surface area contributed by atoms with Crippen LogP contribution in [0.2, 0.25) is 0 Å². The molecule has 0 unspecified atom stereocenters. The maximum absolute atomic E-state index is 12.2. The molecule has 1 N–H and O–H groups in total. The van der Waals surface area contributed by atoms with E-state index >= 15 is 0 Å². The standard InChI is InChI=1S/C13H19N3O2/c1-10(2)15-5-7-16(8-6-15)13(18)11-3-4-12(17)14-9-11/h3-4,9-10H,5-8H2,1-2H3,(H,14,17). The summed E-state index contributed by atoms with van der Waals surface area (Å²) in [7, 11) is 0. The Bertz CT molecular complexity index is 453. The lowest BCUT2D eigenvalue weighted by Gasteiger charge is -2.36. The summed E-state index contributed by atoms with van der Waals surface area (Å²) >= 11 is 0. The lowest BCUT2D eigenvalue weighted by atomic mass is 10.2. The molecule has 1 aromatic rings. The van der Waals surface area contributed by atoms with Gasteiger partial charge in [0, 0.05) is 44.5 Å². The number of rotatable bonds is 2. The number of carbonyl (C=O) groups excluding carboxylic acids is 1. The zero-order valence-electron chi connectivity index (χ0n) is 10.8. The van der Waals surface area contributed by atoms with Gasteiger partial charge in [0.1, 0.15) is 0 Å². The summed E-state index contributed by atoms with van der Waals surface area (Å²) in [5.74, 6) is -0.00495. The van der Waals surface area contributed by atoms with Gasteiger partial charge in [-0.05, 0) is 19.9 Å². The second-order valence-electron chi connectivity index (χ2n) is 4.86. The van der Waals surface area contributed by atoms with Crippen molar-refractivity contribution in [2.24, 2.45) is 0 Å². The number of aromatic amines is 1. The van der Waals surface area contributed by atoms with E-state index in [1.807, 2.05) is 4.90 Å². The summed E-state index contributed by atoms with van der Waals surface area (Å²) in [6.07, 6.45) is 1.49. The van der Waals surface area contributed by atoms with E-state index < -0.39 is 0 Å². The maximum Gasteiger partial charge on any atom is 0.255 e. The van der Waals surface area contributed by atoms with E-state index in [4.69, 9.17) is 0 Å². The smallest absolute Gasteiger partial charge is 0.255 e. The minimum Gasteiger partial charge on any atom is -0.336 e. The Labute approximate surface area is 106 Å². The highest BCUT2D eigenvalue weighted by atomic mass is 16.2. The molecule has 2 rings (SSSR count). The molecule has 1 aliphatic heterocycles. The second kappa shape index (κ2) is 5.35. The van der Waals surface area contributed by atoms with Crippen LogP contribution in [0.3, 0.4) is 0 Å². The third kappa shape index (κ3) is 2.79. The normalized spacial score (nSPS) is 17.2. The van der Waals surface area contributed by atoms with Gasteiger partial charge in [0.15, 0.2) is 0 Å². The van der Waals surface area contributed by atoms with E-state index in [2.05, 4.69) is 23.7 Å². The third-order valence-electron chi connectivity index (χ3n) is 3.36. The van der Waals surface area contributed by atoms with Gasteiger partial charge in [0.25, 0.3) is 5.91 Å². The van der Waals surface area contributed by atoms with Crippen LogP contribution in [0.1, 0.15) is 24.2 Å². The van der Waals surface area contributed by atoms with Crippen LogP contribution in [0.5, 0.6) is 0 Å². The zero-order chi connectivity index (χ0) is 13.1. The summed E-state index contributed by atoms with van der Waals surface area (Å²) in [6, 6.07) is 3.49. The highest BCUT2D eigenvalue weighted by Gasteiger charge is 2.23. The first-order chi connectivity index (χ1) is 8.58. The number of piperazine rings is 1. The summed E-state index contributed by atoms with van der Waals surface area (Å²) in [6.45, 7) is 7.64. The van der Waals surface area contributed by atoms with Gasteiger partial charge in [-0.3, -0.25) is 14.5 Å². The first-order valence-corrected chi connectivity index (χ1v) is 6.30. The monoisotopic (exact) mass is 249 g/mol. The van der Waals surface area contributed by atoms with Crippen LogP contribution in [0.4, 0.5) is 0 Å². The molecule has 1 amide bonds. The maximum atomic E-state index is 12.2. The fourth-order valence-electron chi connectivity index (χ4n) is 2.17. The van der Waals surface area contributed by atoms with Crippen molar-refractivity contribution in [3.05, 3.63) is 34.2 Å². The molecule has 1 aliphatic rings. The van der Waals surface area contributed by atoms with Gasteiger partial charge >= 0.3 is 0 Å². The predicted octanol–water partition coefficient (Wildman–Crippen LogP) is 0.541. The van der Waals surface area contributed by atoms with Gasteiger partial charge in [0.05, 0.1) is 5.56 Å². The van der Waals surface area contributed by atoms with E-state index in [0.717, 1.165) is 26.2 Å². The summed E-state index contributed by atoms with van der Waals surface area (Å²) in [5.41, 5.74) is 0.365. The minimum absolute atomic E-state index is 0.00495. The molecule has 0 atom stereocenters. The number of nitrogens with one attached hydrogen (secondary N) is 1. The molecule has 1 saturated heterocycles. The number of H-pyrrole nitrogens is 1. The molecule has 0 aromatic carbocycles. The van der Waals surface area contributed by atoms with Crippen molar-refractivity contribution in [1.29, 1.82) is 0 Å². The summed E-state index contributed by atoms with van der Waals surface area (Å²) < 4.78 is 0. The fourth-order valence-corrected chi connectivity index (χ4v) is 2.17. The molecule has 98 valence electrons. The van der Waals surface area contributed by atoms with E-state index in [1.54, 1.807) is 6.07 Å².